The third kappa shape index (κ3) is 4.94. The van der Waals surface area contributed by atoms with Crippen LogP contribution in [0.4, 0.5) is 0 Å². The average Bonchev–Trinajstić information content (AvgIpc) is 2.36. The van der Waals surface area contributed by atoms with E-state index in [0.717, 1.165) is 19.5 Å². The minimum absolute atomic E-state index is 0.195. The molecule has 1 fully saturated rings. The molecule has 0 spiro atoms. The molecular formula is C14H29N3O. The Kier molecular flexibility index (Phi) is 6.65. The lowest BCUT2D eigenvalue weighted by atomic mass is 9.98. The van der Waals surface area contributed by atoms with Gasteiger partial charge in [0.2, 0.25) is 5.91 Å². The number of nitrogens with one attached hydrogen (secondary N) is 1. The van der Waals surface area contributed by atoms with E-state index in [0.29, 0.717) is 18.6 Å². The Labute approximate surface area is 112 Å². The van der Waals surface area contributed by atoms with E-state index in [9.17, 15) is 4.79 Å². The molecule has 4 heteroatoms. The summed E-state index contributed by atoms with van der Waals surface area (Å²) < 4.78 is 0. The summed E-state index contributed by atoms with van der Waals surface area (Å²) in [5.41, 5.74) is 0. The summed E-state index contributed by atoms with van der Waals surface area (Å²) in [5.74, 6) is 0.195. The van der Waals surface area contributed by atoms with Gasteiger partial charge in [-0.15, -0.1) is 0 Å². The zero-order valence-corrected chi connectivity index (χ0v) is 12.4. The van der Waals surface area contributed by atoms with Crippen LogP contribution in [0.2, 0.25) is 0 Å². The van der Waals surface area contributed by atoms with Crippen molar-refractivity contribution >= 4 is 5.91 Å². The van der Waals surface area contributed by atoms with Gasteiger partial charge in [-0.05, 0) is 39.3 Å². The molecule has 0 saturated carbocycles. The highest BCUT2D eigenvalue weighted by Gasteiger charge is 2.21. The molecule has 1 aliphatic heterocycles. The van der Waals surface area contributed by atoms with Gasteiger partial charge >= 0.3 is 0 Å². The lowest BCUT2D eigenvalue weighted by molar-refractivity contribution is -0.130. The lowest BCUT2D eigenvalue weighted by Gasteiger charge is -2.32. The number of likely N-dealkylation sites (N-methyl/N-ethyl adjacent to an activating group) is 2. The molecule has 2 unspecified atom stereocenters. The largest absolute Gasteiger partial charge is 0.348 e. The average molecular weight is 255 g/mol. The smallest absolute Gasteiger partial charge is 0.236 e. The van der Waals surface area contributed by atoms with Crippen molar-refractivity contribution in [1.82, 2.24) is 15.1 Å². The van der Waals surface area contributed by atoms with Crippen molar-refractivity contribution in [2.75, 3.05) is 33.7 Å². The summed E-state index contributed by atoms with van der Waals surface area (Å²) in [6.45, 7) is 7.00. The first-order valence-electron chi connectivity index (χ1n) is 7.22. The van der Waals surface area contributed by atoms with Crippen LogP contribution in [0, 0.1) is 0 Å². The molecule has 0 aliphatic carbocycles. The zero-order chi connectivity index (χ0) is 13.5. The van der Waals surface area contributed by atoms with Crippen molar-refractivity contribution in [3.63, 3.8) is 0 Å². The molecule has 4 nitrogen and oxygen atoms in total. The molecule has 0 bridgehead atoms. The molecule has 0 radical (unpaired) electrons. The predicted octanol–water partition coefficient (Wildman–Crippen LogP) is 1.32. The standard InChI is InChI=1S/C14H29N3O/c1-5-17(11-14(18)16(3)4)12(2)10-13-8-6-7-9-15-13/h12-13,15H,5-11H2,1-4H3. The van der Waals surface area contributed by atoms with E-state index < -0.39 is 0 Å². The molecular weight excluding hydrogens is 226 g/mol. The number of carbonyl (C=O) groups is 1. The Balaban J connectivity index is 2.40. The maximum absolute atomic E-state index is 11.8. The van der Waals surface area contributed by atoms with Gasteiger partial charge in [0.05, 0.1) is 6.54 Å². The molecule has 1 amide bonds. The van der Waals surface area contributed by atoms with Crippen molar-refractivity contribution in [3.05, 3.63) is 0 Å². The highest BCUT2D eigenvalue weighted by atomic mass is 16.2. The fourth-order valence-electron chi connectivity index (χ4n) is 2.58. The van der Waals surface area contributed by atoms with Crippen LogP contribution < -0.4 is 5.32 Å². The number of hydrogen-bond donors (Lipinski definition) is 1. The molecule has 1 aliphatic rings. The molecule has 1 heterocycles. The van der Waals surface area contributed by atoms with Crippen LogP contribution in [0.3, 0.4) is 0 Å². The van der Waals surface area contributed by atoms with E-state index in [1.165, 1.54) is 19.3 Å². The molecule has 106 valence electrons. The van der Waals surface area contributed by atoms with Crippen LogP contribution in [0.15, 0.2) is 0 Å². The summed E-state index contributed by atoms with van der Waals surface area (Å²) in [6.07, 6.45) is 5.08. The minimum Gasteiger partial charge on any atom is -0.348 e. The molecule has 0 aromatic rings. The number of amides is 1. The third-order valence-electron chi connectivity index (χ3n) is 3.90. The molecule has 1 rings (SSSR count). The van der Waals surface area contributed by atoms with Gasteiger partial charge in [0.1, 0.15) is 0 Å². The zero-order valence-electron chi connectivity index (χ0n) is 12.4. The van der Waals surface area contributed by atoms with Crippen LogP contribution in [0.1, 0.15) is 39.5 Å². The van der Waals surface area contributed by atoms with Gasteiger partial charge in [-0.3, -0.25) is 9.69 Å². The normalized spacial score (nSPS) is 21.9. The Morgan fingerprint density at radius 1 is 1.39 bits per heavy atom. The summed E-state index contributed by atoms with van der Waals surface area (Å²) >= 11 is 0. The fraction of sp³-hybridized carbons (Fsp3) is 0.929. The van der Waals surface area contributed by atoms with Crippen LogP contribution in [-0.4, -0.2) is 61.5 Å². The van der Waals surface area contributed by atoms with Crippen molar-refractivity contribution < 1.29 is 4.79 Å². The summed E-state index contributed by atoms with van der Waals surface area (Å²) in [7, 11) is 3.65. The summed E-state index contributed by atoms with van der Waals surface area (Å²) in [5, 5.41) is 3.58. The molecule has 1 N–H and O–H groups in total. The predicted molar refractivity (Wildman–Crippen MR) is 75.7 cm³/mol. The number of rotatable bonds is 6. The first-order valence-corrected chi connectivity index (χ1v) is 7.22. The maximum Gasteiger partial charge on any atom is 0.236 e. The SMILES string of the molecule is CCN(CC(=O)N(C)C)C(C)CC1CCCCN1. The van der Waals surface area contributed by atoms with E-state index in [-0.39, 0.29) is 5.91 Å². The number of piperidine rings is 1. The molecule has 18 heavy (non-hydrogen) atoms. The topological polar surface area (TPSA) is 35.6 Å². The highest BCUT2D eigenvalue weighted by Crippen LogP contribution is 2.15. The summed E-state index contributed by atoms with van der Waals surface area (Å²) in [6, 6.07) is 1.10. The fourth-order valence-corrected chi connectivity index (χ4v) is 2.58. The van der Waals surface area contributed by atoms with Gasteiger partial charge in [-0.25, -0.2) is 0 Å². The lowest BCUT2D eigenvalue weighted by Crippen LogP contribution is -2.45. The highest BCUT2D eigenvalue weighted by molar-refractivity contribution is 5.77. The van der Waals surface area contributed by atoms with Crippen LogP contribution >= 0.6 is 0 Å². The first-order chi connectivity index (χ1) is 8.54. The van der Waals surface area contributed by atoms with Gasteiger partial charge in [-0.2, -0.15) is 0 Å². The summed E-state index contributed by atoms with van der Waals surface area (Å²) in [4.78, 5) is 15.7. The third-order valence-corrected chi connectivity index (χ3v) is 3.90. The Morgan fingerprint density at radius 2 is 2.11 bits per heavy atom. The number of carbonyl (C=O) groups excluding carboxylic acids is 1. The quantitative estimate of drug-likeness (QED) is 0.777. The molecule has 1 saturated heterocycles. The Morgan fingerprint density at radius 3 is 2.61 bits per heavy atom. The Bertz CT molecular complexity index is 249. The monoisotopic (exact) mass is 255 g/mol. The van der Waals surface area contributed by atoms with Crippen LogP contribution in [0.25, 0.3) is 0 Å². The van der Waals surface area contributed by atoms with Crippen molar-refractivity contribution in [1.29, 1.82) is 0 Å². The van der Waals surface area contributed by atoms with E-state index >= 15 is 0 Å². The van der Waals surface area contributed by atoms with Crippen molar-refractivity contribution in [3.8, 4) is 0 Å². The van der Waals surface area contributed by atoms with E-state index in [1.54, 1.807) is 4.90 Å². The van der Waals surface area contributed by atoms with Gasteiger partial charge < -0.3 is 10.2 Å². The van der Waals surface area contributed by atoms with Gasteiger partial charge in [-0.1, -0.05) is 13.3 Å². The van der Waals surface area contributed by atoms with Crippen molar-refractivity contribution in [2.45, 2.75) is 51.6 Å². The number of hydrogen-bond acceptors (Lipinski definition) is 3. The first kappa shape index (κ1) is 15.4. The van der Waals surface area contributed by atoms with Gasteiger partial charge in [0.15, 0.2) is 0 Å². The second-order valence-corrected chi connectivity index (χ2v) is 5.58. The number of nitrogens with zero attached hydrogens (tertiary/aromatic N) is 2. The second kappa shape index (κ2) is 7.74. The second-order valence-electron chi connectivity index (χ2n) is 5.58. The van der Waals surface area contributed by atoms with Crippen molar-refractivity contribution in [2.24, 2.45) is 0 Å². The van der Waals surface area contributed by atoms with Gasteiger partial charge in [0, 0.05) is 26.2 Å². The maximum atomic E-state index is 11.8. The van der Waals surface area contributed by atoms with E-state index in [1.807, 2.05) is 14.1 Å². The Hall–Kier alpha value is -0.610. The van der Waals surface area contributed by atoms with E-state index in [4.69, 9.17) is 0 Å². The molecule has 2 atom stereocenters. The molecule has 0 aromatic heterocycles. The van der Waals surface area contributed by atoms with E-state index in [2.05, 4.69) is 24.1 Å². The van der Waals surface area contributed by atoms with Gasteiger partial charge in [0.25, 0.3) is 0 Å². The minimum atomic E-state index is 0.195. The van der Waals surface area contributed by atoms with Crippen LogP contribution in [0.5, 0.6) is 0 Å². The van der Waals surface area contributed by atoms with Crippen LogP contribution in [-0.2, 0) is 4.79 Å². The molecule has 0 aromatic carbocycles.